The molecule has 0 radical (unpaired) electrons. The predicted octanol–water partition coefficient (Wildman–Crippen LogP) is 1.70. The fourth-order valence-electron chi connectivity index (χ4n) is 1.42. The minimum Gasteiger partial charge on any atom is -0.323 e. The Morgan fingerprint density at radius 2 is 2.00 bits per heavy atom. The molecule has 0 bridgehead atoms. The van der Waals surface area contributed by atoms with Gasteiger partial charge in [-0.2, -0.15) is 0 Å². The highest BCUT2D eigenvalue weighted by molar-refractivity contribution is 6.00. The highest BCUT2D eigenvalue weighted by atomic mass is 16.2. The lowest BCUT2D eigenvalue weighted by Gasteiger charge is -2.04. The predicted molar refractivity (Wildman–Crippen MR) is 67.2 cm³/mol. The summed E-state index contributed by atoms with van der Waals surface area (Å²) in [4.78, 5) is 26.8. The summed E-state index contributed by atoms with van der Waals surface area (Å²) in [5, 5.41) is 2.61. The molecule has 1 N–H and O–H groups in total. The third-order valence-electron chi connectivity index (χ3n) is 2.32. The number of nitrogens with one attached hydrogen (secondary N) is 1. The van der Waals surface area contributed by atoms with E-state index in [4.69, 9.17) is 0 Å². The molecule has 0 fully saturated rings. The topological polar surface area (TPSA) is 64.0 Å². The average Bonchev–Trinajstić information content (AvgIpc) is 2.92. The number of carbonyl (C=O) groups excluding carboxylic acids is 2. The lowest BCUT2D eigenvalue weighted by molar-refractivity contribution is -0.111. The van der Waals surface area contributed by atoms with Crippen molar-refractivity contribution in [2.75, 3.05) is 5.32 Å². The number of nitrogens with zero attached hydrogens (tertiary/aromatic N) is 2. The Kier molecular flexibility index (Phi) is 3.33. The number of amides is 1. The van der Waals surface area contributed by atoms with Crippen LogP contribution < -0.4 is 5.32 Å². The highest BCUT2D eigenvalue weighted by Gasteiger charge is 2.07. The monoisotopic (exact) mass is 241 g/mol. The average molecular weight is 241 g/mol. The maximum absolute atomic E-state index is 11.9. The molecule has 0 spiro atoms. The van der Waals surface area contributed by atoms with Crippen LogP contribution in [0.3, 0.4) is 0 Å². The van der Waals surface area contributed by atoms with Gasteiger partial charge in [0.2, 0.25) is 5.91 Å². The Bertz CT molecular complexity index is 571. The van der Waals surface area contributed by atoms with Crippen LogP contribution in [0, 0.1) is 0 Å². The summed E-state index contributed by atoms with van der Waals surface area (Å²) in [5.74, 6) is -0.460. The van der Waals surface area contributed by atoms with Gasteiger partial charge < -0.3 is 5.32 Å². The van der Waals surface area contributed by atoms with E-state index in [1.54, 1.807) is 30.5 Å². The third-order valence-corrected chi connectivity index (χ3v) is 2.32. The van der Waals surface area contributed by atoms with Crippen molar-refractivity contribution in [1.29, 1.82) is 0 Å². The molecular formula is C13H11N3O2. The fourth-order valence-corrected chi connectivity index (χ4v) is 1.42. The molecule has 1 heterocycles. The molecule has 90 valence electrons. The van der Waals surface area contributed by atoms with Crippen LogP contribution in [0.4, 0.5) is 5.69 Å². The number of benzene rings is 1. The number of hydrogen-bond acceptors (Lipinski definition) is 3. The Morgan fingerprint density at radius 3 is 2.56 bits per heavy atom. The molecule has 5 heteroatoms. The highest BCUT2D eigenvalue weighted by Crippen LogP contribution is 2.10. The number of hydrogen-bond donors (Lipinski definition) is 1. The molecule has 1 aromatic heterocycles. The summed E-state index contributed by atoms with van der Waals surface area (Å²) in [6.45, 7) is 3.36. The molecule has 2 rings (SSSR count). The Morgan fingerprint density at radius 1 is 1.28 bits per heavy atom. The molecule has 2 aromatic rings. The summed E-state index contributed by atoms with van der Waals surface area (Å²) < 4.78 is 1.39. The van der Waals surface area contributed by atoms with Gasteiger partial charge in [0, 0.05) is 23.6 Å². The summed E-state index contributed by atoms with van der Waals surface area (Å²) >= 11 is 0. The quantitative estimate of drug-likeness (QED) is 0.832. The molecule has 5 nitrogen and oxygen atoms in total. The molecule has 0 atom stereocenters. The van der Waals surface area contributed by atoms with Gasteiger partial charge in [0.15, 0.2) is 0 Å². The summed E-state index contributed by atoms with van der Waals surface area (Å²) in [6.07, 6.45) is 5.74. The molecule has 0 saturated heterocycles. The van der Waals surface area contributed by atoms with Crippen LogP contribution in [0.2, 0.25) is 0 Å². The number of anilines is 1. The van der Waals surface area contributed by atoms with Crippen molar-refractivity contribution in [3.63, 3.8) is 0 Å². The summed E-state index contributed by atoms with van der Waals surface area (Å²) in [6, 6.07) is 6.60. The van der Waals surface area contributed by atoms with Crippen molar-refractivity contribution in [3.8, 4) is 0 Å². The van der Waals surface area contributed by atoms with Crippen LogP contribution in [0.1, 0.15) is 10.4 Å². The first-order valence-corrected chi connectivity index (χ1v) is 5.27. The van der Waals surface area contributed by atoms with Gasteiger partial charge in [0.25, 0.3) is 5.91 Å². The molecule has 18 heavy (non-hydrogen) atoms. The van der Waals surface area contributed by atoms with Crippen molar-refractivity contribution in [2.24, 2.45) is 0 Å². The smallest absolute Gasteiger partial charge is 0.263 e. The van der Waals surface area contributed by atoms with Gasteiger partial charge in [-0.25, -0.2) is 4.98 Å². The number of carbonyl (C=O) groups is 2. The summed E-state index contributed by atoms with van der Waals surface area (Å²) in [5.41, 5.74) is 1.13. The van der Waals surface area contributed by atoms with E-state index >= 15 is 0 Å². The van der Waals surface area contributed by atoms with E-state index in [-0.39, 0.29) is 11.8 Å². The van der Waals surface area contributed by atoms with Crippen LogP contribution in [-0.4, -0.2) is 21.4 Å². The number of imidazole rings is 1. The van der Waals surface area contributed by atoms with Gasteiger partial charge in [0.1, 0.15) is 6.33 Å². The SMILES string of the molecule is C=CC(=O)Nc1ccc(C(=O)n2ccnc2)cc1. The fraction of sp³-hybridized carbons (Fsp3) is 0. The van der Waals surface area contributed by atoms with Gasteiger partial charge >= 0.3 is 0 Å². The first kappa shape index (κ1) is 11.8. The lowest BCUT2D eigenvalue weighted by Crippen LogP contribution is -2.10. The molecule has 0 aliphatic carbocycles. The second-order valence-corrected chi connectivity index (χ2v) is 3.55. The van der Waals surface area contributed by atoms with E-state index in [1.807, 2.05) is 0 Å². The normalized spacial score (nSPS) is 9.78. The molecule has 0 saturated carbocycles. The van der Waals surface area contributed by atoms with E-state index in [1.165, 1.54) is 23.2 Å². The second kappa shape index (κ2) is 5.09. The lowest BCUT2D eigenvalue weighted by atomic mass is 10.2. The van der Waals surface area contributed by atoms with Crippen LogP contribution in [-0.2, 0) is 4.79 Å². The van der Waals surface area contributed by atoms with Crippen molar-refractivity contribution in [2.45, 2.75) is 0 Å². The van der Waals surface area contributed by atoms with Crippen molar-refractivity contribution in [3.05, 3.63) is 61.2 Å². The zero-order valence-corrected chi connectivity index (χ0v) is 9.54. The molecule has 1 amide bonds. The minimum atomic E-state index is -0.288. The second-order valence-electron chi connectivity index (χ2n) is 3.55. The van der Waals surface area contributed by atoms with Crippen molar-refractivity contribution in [1.82, 2.24) is 9.55 Å². The van der Waals surface area contributed by atoms with Gasteiger partial charge in [0.05, 0.1) is 0 Å². The first-order chi connectivity index (χ1) is 8.70. The zero-order valence-electron chi connectivity index (χ0n) is 9.54. The van der Waals surface area contributed by atoms with E-state index in [2.05, 4.69) is 16.9 Å². The van der Waals surface area contributed by atoms with E-state index in [9.17, 15) is 9.59 Å². The molecule has 0 unspecified atom stereocenters. The van der Waals surface area contributed by atoms with Crippen molar-refractivity contribution >= 4 is 17.5 Å². The molecule has 1 aromatic carbocycles. The van der Waals surface area contributed by atoms with E-state index < -0.39 is 0 Å². The van der Waals surface area contributed by atoms with E-state index in [0.717, 1.165) is 0 Å². The number of aromatic nitrogens is 2. The van der Waals surface area contributed by atoms with E-state index in [0.29, 0.717) is 11.3 Å². The van der Waals surface area contributed by atoms with Gasteiger partial charge in [-0.1, -0.05) is 6.58 Å². The maximum Gasteiger partial charge on any atom is 0.263 e. The standard InChI is InChI=1S/C13H11N3O2/c1-2-12(17)15-11-5-3-10(4-6-11)13(18)16-8-7-14-9-16/h2-9H,1H2,(H,15,17). The minimum absolute atomic E-state index is 0.172. The Balaban J connectivity index is 2.15. The van der Waals surface area contributed by atoms with Gasteiger partial charge in [-0.3, -0.25) is 14.2 Å². The van der Waals surface area contributed by atoms with Crippen LogP contribution in [0.25, 0.3) is 0 Å². The molecule has 0 aliphatic heterocycles. The molecular weight excluding hydrogens is 230 g/mol. The third kappa shape index (κ3) is 2.52. The summed E-state index contributed by atoms with van der Waals surface area (Å²) in [7, 11) is 0. The van der Waals surface area contributed by atoms with Crippen LogP contribution in [0.15, 0.2) is 55.6 Å². The molecule has 0 aliphatic rings. The van der Waals surface area contributed by atoms with Crippen molar-refractivity contribution < 1.29 is 9.59 Å². The zero-order chi connectivity index (χ0) is 13.0. The Hall–Kier alpha value is -2.69. The van der Waals surface area contributed by atoms with Crippen LogP contribution in [0.5, 0.6) is 0 Å². The van der Waals surface area contributed by atoms with Gasteiger partial charge in [-0.05, 0) is 30.3 Å². The largest absolute Gasteiger partial charge is 0.323 e. The first-order valence-electron chi connectivity index (χ1n) is 5.27. The van der Waals surface area contributed by atoms with Gasteiger partial charge in [-0.15, -0.1) is 0 Å². The Labute approximate surface area is 104 Å². The van der Waals surface area contributed by atoms with Crippen LogP contribution >= 0.6 is 0 Å². The number of rotatable bonds is 3. The maximum atomic E-state index is 11.9.